The summed E-state index contributed by atoms with van der Waals surface area (Å²) < 4.78 is 0. The highest BCUT2D eigenvalue weighted by molar-refractivity contribution is 5.37. The van der Waals surface area contributed by atoms with E-state index in [1.165, 1.54) is 36.0 Å². The molecule has 0 aromatic carbocycles. The zero-order chi connectivity index (χ0) is 20.2. The standard InChI is InChI=1S/C20H30O.C3H10N2/c1-16(8-6-9-17(2)13-15-21)11-12-19-18(3)10-7-14-20(19,4)5;1-2-3(4)5/h6,8-9,11-13,21H,7,10,14-15H2,1-5H3;3H,2,4-5H2,1H3/b9-6+,12-11+,16-8+,17-13+;. The summed E-state index contributed by atoms with van der Waals surface area (Å²) in [4.78, 5) is 0. The molecular weight excluding hydrogens is 320 g/mol. The monoisotopic (exact) mass is 360 g/mol. The first-order valence-corrected chi connectivity index (χ1v) is 9.66. The van der Waals surface area contributed by atoms with Crippen LogP contribution in [-0.4, -0.2) is 17.9 Å². The molecule has 1 aliphatic carbocycles. The highest BCUT2D eigenvalue weighted by Crippen LogP contribution is 2.40. The zero-order valence-corrected chi connectivity index (χ0v) is 17.7. The Labute approximate surface area is 161 Å². The summed E-state index contributed by atoms with van der Waals surface area (Å²) in [6, 6.07) is 0. The van der Waals surface area contributed by atoms with Crippen LogP contribution in [0, 0.1) is 5.41 Å². The number of aliphatic hydroxyl groups excluding tert-OH is 1. The average molecular weight is 361 g/mol. The van der Waals surface area contributed by atoms with Crippen LogP contribution < -0.4 is 11.5 Å². The summed E-state index contributed by atoms with van der Waals surface area (Å²) >= 11 is 0. The summed E-state index contributed by atoms with van der Waals surface area (Å²) in [5.74, 6) is 0. The van der Waals surface area contributed by atoms with Gasteiger partial charge in [-0.25, -0.2) is 0 Å². The van der Waals surface area contributed by atoms with Gasteiger partial charge in [0.25, 0.3) is 0 Å². The van der Waals surface area contributed by atoms with Crippen molar-refractivity contribution in [1.29, 1.82) is 0 Å². The summed E-state index contributed by atoms with van der Waals surface area (Å²) in [6.07, 6.45) is 17.0. The minimum absolute atomic E-state index is 0.0985. The van der Waals surface area contributed by atoms with Crippen molar-refractivity contribution in [2.24, 2.45) is 16.9 Å². The first kappa shape index (κ1) is 24.6. The molecule has 0 amide bonds. The maximum absolute atomic E-state index is 8.81. The van der Waals surface area contributed by atoms with Gasteiger partial charge in [-0.1, -0.05) is 73.9 Å². The number of allylic oxidation sites excluding steroid dienone is 9. The van der Waals surface area contributed by atoms with Crippen molar-refractivity contribution in [2.45, 2.75) is 73.4 Å². The molecule has 26 heavy (non-hydrogen) atoms. The lowest BCUT2D eigenvalue weighted by Crippen LogP contribution is -2.28. The topological polar surface area (TPSA) is 72.3 Å². The Morgan fingerprint density at radius 2 is 1.81 bits per heavy atom. The predicted octanol–water partition coefficient (Wildman–Crippen LogP) is 5.15. The number of nitrogens with two attached hydrogens (primary N) is 2. The molecule has 0 aromatic heterocycles. The van der Waals surface area contributed by atoms with E-state index in [4.69, 9.17) is 16.6 Å². The van der Waals surface area contributed by atoms with E-state index in [-0.39, 0.29) is 12.8 Å². The van der Waals surface area contributed by atoms with Crippen LogP contribution in [0.15, 0.2) is 58.7 Å². The van der Waals surface area contributed by atoms with Crippen LogP contribution in [0.4, 0.5) is 0 Å². The van der Waals surface area contributed by atoms with E-state index in [1.54, 1.807) is 6.08 Å². The smallest absolute Gasteiger partial charge is 0.0617 e. The molecule has 3 heteroatoms. The van der Waals surface area contributed by atoms with Gasteiger partial charge in [-0.05, 0) is 57.4 Å². The van der Waals surface area contributed by atoms with Crippen molar-refractivity contribution in [3.63, 3.8) is 0 Å². The highest BCUT2D eigenvalue weighted by Gasteiger charge is 2.26. The number of hydrogen-bond donors (Lipinski definition) is 3. The van der Waals surface area contributed by atoms with Gasteiger partial charge >= 0.3 is 0 Å². The van der Waals surface area contributed by atoms with Crippen molar-refractivity contribution in [2.75, 3.05) is 6.61 Å². The van der Waals surface area contributed by atoms with Gasteiger partial charge in [0, 0.05) is 0 Å². The third-order valence-corrected chi connectivity index (χ3v) is 4.66. The van der Waals surface area contributed by atoms with Crippen LogP contribution in [0.3, 0.4) is 0 Å². The zero-order valence-electron chi connectivity index (χ0n) is 17.7. The van der Waals surface area contributed by atoms with E-state index in [0.717, 1.165) is 12.0 Å². The predicted molar refractivity (Wildman–Crippen MR) is 116 cm³/mol. The average Bonchev–Trinajstić information content (AvgIpc) is 2.54. The third-order valence-electron chi connectivity index (χ3n) is 4.66. The summed E-state index contributed by atoms with van der Waals surface area (Å²) in [5.41, 5.74) is 15.8. The van der Waals surface area contributed by atoms with Gasteiger partial charge in [0.2, 0.25) is 0 Å². The normalized spacial score (nSPS) is 18.7. The van der Waals surface area contributed by atoms with Crippen LogP contribution in [0.1, 0.15) is 67.2 Å². The fourth-order valence-corrected chi connectivity index (χ4v) is 2.84. The largest absolute Gasteiger partial charge is 0.392 e. The van der Waals surface area contributed by atoms with Crippen LogP contribution in [0.2, 0.25) is 0 Å². The Morgan fingerprint density at radius 3 is 2.31 bits per heavy atom. The molecule has 0 aromatic rings. The van der Waals surface area contributed by atoms with Gasteiger partial charge in [-0.3, -0.25) is 0 Å². The Balaban J connectivity index is 0.00000110. The molecular formula is C23H40N2O. The van der Waals surface area contributed by atoms with Crippen molar-refractivity contribution in [3.05, 3.63) is 58.7 Å². The van der Waals surface area contributed by atoms with E-state index >= 15 is 0 Å². The summed E-state index contributed by atoms with van der Waals surface area (Å²) in [5, 5.41) is 8.81. The molecule has 0 spiro atoms. The SMILES string of the molecule is CC1=C(/C=C/C(C)=C/C=C/C(C)=C/CO)C(C)(C)CCC1.CCC(N)N. The molecule has 0 unspecified atom stereocenters. The molecule has 1 rings (SSSR count). The van der Waals surface area contributed by atoms with E-state index in [9.17, 15) is 0 Å². The fraction of sp³-hybridized carbons (Fsp3) is 0.565. The fourth-order valence-electron chi connectivity index (χ4n) is 2.84. The van der Waals surface area contributed by atoms with Crippen molar-refractivity contribution in [3.8, 4) is 0 Å². The van der Waals surface area contributed by atoms with Gasteiger partial charge in [0.1, 0.15) is 0 Å². The Kier molecular flexibility index (Phi) is 12.2. The third kappa shape index (κ3) is 10.5. The van der Waals surface area contributed by atoms with Crippen LogP contribution in [0.5, 0.6) is 0 Å². The van der Waals surface area contributed by atoms with E-state index in [2.05, 4.69) is 45.9 Å². The first-order chi connectivity index (χ1) is 12.1. The molecule has 3 nitrogen and oxygen atoms in total. The Hall–Kier alpha value is -1.42. The molecule has 148 valence electrons. The van der Waals surface area contributed by atoms with Gasteiger partial charge in [-0.2, -0.15) is 0 Å². The molecule has 0 fully saturated rings. The molecule has 0 bridgehead atoms. The van der Waals surface area contributed by atoms with E-state index in [0.29, 0.717) is 5.41 Å². The quantitative estimate of drug-likeness (QED) is 0.453. The highest BCUT2D eigenvalue weighted by atomic mass is 16.2. The maximum Gasteiger partial charge on any atom is 0.0617 e. The second kappa shape index (κ2) is 12.9. The van der Waals surface area contributed by atoms with Crippen LogP contribution >= 0.6 is 0 Å². The van der Waals surface area contributed by atoms with Gasteiger partial charge in [0.05, 0.1) is 12.8 Å². The van der Waals surface area contributed by atoms with Crippen LogP contribution in [-0.2, 0) is 0 Å². The maximum atomic E-state index is 8.81. The second-order valence-electron chi connectivity index (χ2n) is 7.74. The lowest BCUT2D eigenvalue weighted by atomic mass is 9.72. The lowest BCUT2D eigenvalue weighted by Gasteiger charge is -2.32. The van der Waals surface area contributed by atoms with E-state index < -0.39 is 0 Å². The summed E-state index contributed by atoms with van der Waals surface area (Å²) in [7, 11) is 0. The number of rotatable bonds is 6. The molecule has 0 saturated heterocycles. The minimum atomic E-state index is -0.116. The van der Waals surface area contributed by atoms with Gasteiger partial charge in [0.15, 0.2) is 0 Å². The van der Waals surface area contributed by atoms with Crippen LogP contribution in [0.25, 0.3) is 0 Å². The molecule has 0 saturated carbocycles. The second-order valence-corrected chi connectivity index (χ2v) is 7.74. The van der Waals surface area contributed by atoms with Gasteiger partial charge in [-0.15, -0.1) is 0 Å². The van der Waals surface area contributed by atoms with Crippen molar-refractivity contribution >= 4 is 0 Å². The Bertz CT molecular complexity index is 561. The van der Waals surface area contributed by atoms with Crippen molar-refractivity contribution in [1.82, 2.24) is 0 Å². The van der Waals surface area contributed by atoms with E-state index in [1.807, 2.05) is 26.0 Å². The lowest BCUT2D eigenvalue weighted by molar-refractivity contribution is 0.342. The molecule has 1 aliphatic rings. The van der Waals surface area contributed by atoms with Crippen molar-refractivity contribution < 1.29 is 5.11 Å². The minimum Gasteiger partial charge on any atom is -0.392 e. The first-order valence-electron chi connectivity index (χ1n) is 9.66. The molecule has 0 heterocycles. The van der Waals surface area contributed by atoms with Gasteiger partial charge < -0.3 is 16.6 Å². The molecule has 0 aliphatic heterocycles. The molecule has 0 radical (unpaired) electrons. The molecule has 0 atom stereocenters. The Morgan fingerprint density at radius 1 is 1.19 bits per heavy atom. The summed E-state index contributed by atoms with van der Waals surface area (Å²) in [6.45, 7) is 13.1. The number of aliphatic hydroxyl groups is 1. The molecule has 5 N–H and O–H groups in total. The number of hydrogen-bond acceptors (Lipinski definition) is 3.